The Balaban J connectivity index is 2.04. The van der Waals surface area contributed by atoms with Crippen LogP contribution in [-0.4, -0.2) is 25.1 Å². The number of carbonyl (C=O) groups excluding carboxylic acids is 2. The van der Waals surface area contributed by atoms with E-state index >= 15 is 0 Å². The minimum absolute atomic E-state index is 0.0491. The highest BCUT2D eigenvalue weighted by atomic mass is 35.5. The fourth-order valence-electron chi connectivity index (χ4n) is 2.40. The third kappa shape index (κ3) is 5.47. The molecule has 0 saturated heterocycles. The lowest BCUT2D eigenvalue weighted by Gasteiger charge is -2.20. The second kappa shape index (κ2) is 8.44. The maximum atomic E-state index is 12.4. The summed E-state index contributed by atoms with van der Waals surface area (Å²) in [5, 5.41) is 2.97. The summed E-state index contributed by atoms with van der Waals surface area (Å²) in [6.45, 7) is 8.05. The highest BCUT2D eigenvalue weighted by Crippen LogP contribution is 2.25. The number of anilines is 1. The van der Waals surface area contributed by atoms with E-state index in [1.54, 1.807) is 13.0 Å². The molecule has 2 rings (SSSR count). The number of methoxy groups -OCH3 is 1. The van der Waals surface area contributed by atoms with Crippen molar-refractivity contribution in [2.45, 2.75) is 39.2 Å². The number of benzene rings is 2. The molecule has 2 aromatic carbocycles. The van der Waals surface area contributed by atoms with Gasteiger partial charge in [-0.3, -0.25) is 4.79 Å². The predicted molar refractivity (Wildman–Crippen MR) is 107 cm³/mol. The predicted octanol–water partition coefficient (Wildman–Crippen LogP) is 4.83. The lowest BCUT2D eigenvalue weighted by molar-refractivity contribution is -0.122. The molecular weight excluding hydrogens is 366 g/mol. The average molecular weight is 390 g/mol. The molecule has 0 spiro atoms. The normalized spacial score (nSPS) is 12.2. The second-order valence-electron chi connectivity index (χ2n) is 7.21. The molecule has 0 heterocycles. The number of ether oxygens (including phenoxy) is 2. The van der Waals surface area contributed by atoms with E-state index in [1.165, 1.54) is 24.8 Å². The summed E-state index contributed by atoms with van der Waals surface area (Å²) in [4.78, 5) is 24.1. The van der Waals surface area contributed by atoms with Gasteiger partial charge in [0.2, 0.25) is 0 Å². The van der Waals surface area contributed by atoms with Gasteiger partial charge in [-0.25, -0.2) is 4.79 Å². The van der Waals surface area contributed by atoms with Gasteiger partial charge in [-0.05, 0) is 48.2 Å². The van der Waals surface area contributed by atoms with Crippen molar-refractivity contribution in [2.24, 2.45) is 0 Å². The molecule has 27 heavy (non-hydrogen) atoms. The molecule has 5 nitrogen and oxygen atoms in total. The van der Waals surface area contributed by atoms with Crippen LogP contribution < -0.4 is 10.1 Å². The van der Waals surface area contributed by atoms with Gasteiger partial charge in [0.25, 0.3) is 5.91 Å². The van der Waals surface area contributed by atoms with Gasteiger partial charge in [-0.2, -0.15) is 0 Å². The zero-order valence-corrected chi connectivity index (χ0v) is 16.9. The summed E-state index contributed by atoms with van der Waals surface area (Å²) in [6.07, 6.45) is -0.720. The van der Waals surface area contributed by atoms with E-state index < -0.39 is 12.1 Å². The minimum Gasteiger partial charge on any atom is -0.481 e. The summed E-state index contributed by atoms with van der Waals surface area (Å²) >= 11 is 5.98. The van der Waals surface area contributed by atoms with Crippen LogP contribution in [0.15, 0.2) is 42.5 Å². The second-order valence-corrected chi connectivity index (χ2v) is 7.62. The fourth-order valence-corrected chi connectivity index (χ4v) is 2.60. The molecule has 2 aromatic rings. The van der Waals surface area contributed by atoms with Crippen LogP contribution in [0.3, 0.4) is 0 Å². The first kappa shape index (κ1) is 20.8. The highest BCUT2D eigenvalue weighted by Gasteiger charge is 2.18. The molecule has 1 atom stereocenters. The van der Waals surface area contributed by atoms with E-state index in [4.69, 9.17) is 16.3 Å². The maximum Gasteiger partial charge on any atom is 0.339 e. The zero-order chi connectivity index (χ0) is 20.2. The Kier molecular flexibility index (Phi) is 6.50. The monoisotopic (exact) mass is 389 g/mol. The molecule has 1 amide bonds. The molecule has 0 saturated carbocycles. The van der Waals surface area contributed by atoms with Crippen molar-refractivity contribution in [3.8, 4) is 5.75 Å². The van der Waals surface area contributed by atoms with E-state index in [2.05, 4.69) is 30.8 Å². The Labute approximate surface area is 164 Å². The number of rotatable bonds is 5. The third-order valence-electron chi connectivity index (χ3n) is 4.04. The number of hydrogen-bond acceptors (Lipinski definition) is 4. The maximum absolute atomic E-state index is 12.4. The molecule has 0 aliphatic rings. The molecule has 0 fully saturated rings. The van der Waals surface area contributed by atoms with E-state index in [0.29, 0.717) is 11.4 Å². The van der Waals surface area contributed by atoms with Crippen LogP contribution in [0.2, 0.25) is 5.02 Å². The van der Waals surface area contributed by atoms with Gasteiger partial charge in [0, 0.05) is 5.69 Å². The topological polar surface area (TPSA) is 64.6 Å². The van der Waals surface area contributed by atoms with Crippen LogP contribution >= 0.6 is 11.6 Å². The van der Waals surface area contributed by atoms with Gasteiger partial charge in [-0.1, -0.05) is 44.5 Å². The van der Waals surface area contributed by atoms with Crippen LogP contribution in [0.25, 0.3) is 0 Å². The summed E-state index contributed by atoms with van der Waals surface area (Å²) < 4.78 is 10.4. The molecule has 0 bridgehead atoms. The average Bonchev–Trinajstić information content (AvgIpc) is 2.62. The molecule has 1 N–H and O–H groups in total. The summed E-state index contributed by atoms with van der Waals surface area (Å²) in [6, 6.07) is 12.3. The van der Waals surface area contributed by atoms with E-state index in [1.807, 2.05) is 24.3 Å². The SMILES string of the molecule is COC(=O)c1cc(NC(=O)[C@@H](C)Oc2ccc(C(C)(C)C)cc2)ccc1Cl. The van der Waals surface area contributed by atoms with Gasteiger partial charge in [0.05, 0.1) is 17.7 Å². The summed E-state index contributed by atoms with van der Waals surface area (Å²) in [5.74, 6) is -0.302. The minimum atomic E-state index is -0.720. The Bertz CT molecular complexity index is 825. The Hall–Kier alpha value is -2.53. The summed E-state index contributed by atoms with van der Waals surface area (Å²) in [5.41, 5.74) is 1.85. The van der Waals surface area contributed by atoms with Gasteiger partial charge >= 0.3 is 5.97 Å². The smallest absolute Gasteiger partial charge is 0.339 e. The van der Waals surface area contributed by atoms with Crippen molar-refractivity contribution in [3.05, 3.63) is 58.6 Å². The standard InChI is InChI=1S/C21H24ClNO4/c1-13(27-16-9-6-14(7-10-16)21(2,3)4)19(24)23-15-8-11-18(22)17(12-15)20(25)26-5/h6-13H,1-5H3,(H,23,24)/t13-/m1/s1. The van der Waals surface area contributed by atoms with Crippen LogP contribution in [0.4, 0.5) is 5.69 Å². The van der Waals surface area contributed by atoms with Crippen molar-refractivity contribution in [3.63, 3.8) is 0 Å². The summed E-state index contributed by atoms with van der Waals surface area (Å²) in [7, 11) is 1.27. The molecule has 144 valence electrons. The number of nitrogens with one attached hydrogen (secondary N) is 1. The largest absolute Gasteiger partial charge is 0.481 e. The van der Waals surface area contributed by atoms with Crippen molar-refractivity contribution < 1.29 is 19.1 Å². The first-order valence-electron chi connectivity index (χ1n) is 8.57. The number of carbonyl (C=O) groups is 2. The Morgan fingerprint density at radius 3 is 2.26 bits per heavy atom. The van der Waals surface area contributed by atoms with Crippen molar-refractivity contribution in [2.75, 3.05) is 12.4 Å². The van der Waals surface area contributed by atoms with Crippen molar-refractivity contribution in [1.29, 1.82) is 0 Å². The Morgan fingerprint density at radius 2 is 1.70 bits per heavy atom. The van der Waals surface area contributed by atoms with Crippen LogP contribution in [0.1, 0.15) is 43.6 Å². The first-order valence-corrected chi connectivity index (χ1v) is 8.95. The first-order chi connectivity index (χ1) is 12.6. The zero-order valence-electron chi connectivity index (χ0n) is 16.1. The number of hydrogen-bond donors (Lipinski definition) is 1. The fraction of sp³-hybridized carbons (Fsp3) is 0.333. The lowest BCUT2D eigenvalue weighted by atomic mass is 9.87. The quantitative estimate of drug-likeness (QED) is 0.744. The molecule has 0 radical (unpaired) electrons. The molecule has 0 aliphatic carbocycles. The number of halogens is 1. The highest BCUT2D eigenvalue weighted by molar-refractivity contribution is 6.33. The van der Waals surface area contributed by atoms with E-state index in [-0.39, 0.29) is 21.9 Å². The third-order valence-corrected chi connectivity index (χ3v) is 4.37. The van der Waals surface area contributed by atoms with Gasteiger partial charge in [0.1, 0.15) is 5.75 Å². The van der Waals surface area contributed by atoms with Gasteiger partial charge < -0.3 is 14.8 Å². The van der Waals surface area contributed by atoms with E-state index in [0.717, 1.165) is 0 Å². The van der Waals surface area contributed by atoms with Crippen LogP contribution in [0.5, 0.6) is 5.75 Å². The molecule has 0 aliphatic heterocycles. The number of amides is 1. The van der Waals surface area contributed by atoms with Crippen LogP contribution in [-0.2, 0) is 14.9 Å². The lowest BCUT2D eigenvalue weighted by Crippen LogP contribution is -2.30. The Morgan fingerprint density at radius 1 is 1.07 bits per heavy atom. The van der Waals surface area contributed by atoms with Crippen LogP contribution in [0, 0.1) is 0 Å². The molecule has 0 unspecified atom stereocenters. The molecular formula is C21H24ClNO4. The van der Waals surface area contributed by atoms with Gasteiger partial charge in [0.15, 0.2) is 6.10 Å². The molecule has 6 heteroatoms. The van der Waals surface area contributed by atoms with Crippen molar-refractivity contribution >= 4 is 29.2 Å². The molecule has 0 aromatic heterocycles. The van der Waals surface area contributed by atoms with Gasteiger partial charge in [-0.15, -0.1) is 0 Å². The van der Waals surface area contributed by atoms with Crippen molar-refractivity contribution in [1.82, 2.24) is 0 Å². The number of esters is 1. The van der Waals surface area contributed by atoms with E-state index in [9.17, 15) is 9.59 Å².